The second-order valence-corrected chi connectivity index (χ2v) is 7.18. The van der Waals surface area contributed by atoms with E-state index < -0.39 is 5.97 Å². The number of nitrogens with zero attached hydrogens (tertiary/aromatic N) is 2. The Hall–Kier alpha value is -2.91. The third-order valence-electron chi connectivity index (χ3n) is 3.96. The summed E-state index contributed by atoms with van der Waals surface area (Å²) < 4.78 is 12.8. The number of aromatic nitrogens is 1. The van der Waals surface area contributed by atoms with Crippen molar-refractivity contribution in [3.8, 4) is 17.4 Å². The standard InChI is InChI=1S/C18H16N2O5S2/c1-4-5-20-16(21)14(27-18(20)26)7-10-13(25-3)8-12(24-2)9-6-11(17(22)23)19-15(9)10/h4,6-8,21H,1,5H2,2-3H3,(H,22,23)/b10-7+. The minimum Gasteiger partial charge on any atom is -0.496 e. The summed E-state index contributed by atoms with van der Waals surface area (Å²) in [5, 5.41) is 20.7. The van der Waals surface area contributed by atoms with Gasteiger partial charge in [0.25, 0.3) is 0 Å². The van der Waals surface area contributed by atoms with E-state index in [1.807, 2.05) is 0 Å². The molecule has 0 spiro atoms. The van der Waals surface area contributed by atoms with Crippen LogP contribution in [0.3, 0.4) is 0 Å². The molecule has 0 amide bonds. The Morgan fingerprint density at radius 1 is 1.41 bits per heavy atom. The molecule has 2 N–H and O–H groups in total. The van der Waals surface area contributed by atoms with Crippen LogP contribution < -0.4 is 20.0 Å². The van der Waals surface area contributed by atoms with Gasteiger partial charge in [-0.25, -0.2) is 9.79 Å². The van der Waals surface area contributed by atoms with E-state index in [0.29, 0.717) is 43.0 Å². The summed E-state index contributed by atoms with van der Waals surface area (Å²) in [5.41, 5.74) is 0.433. The second kappa shape index (κ2) is 7.37. The molecule has 7 nitrogen and oxygen atoms in total. The number of carboxylic acids is 1. The predicted octanol–water partition coefficient (Wildman–Crippen LogP) is 2.08. The Labute approximate surface area is 163 Å². The van der Waals surface area contributed by atoms with Crippen LogP contribution >= 0.6 is 23.6 Å². The predicted molar refractivity (Wildman–Crippen MR) is 105 cm³/mol. The van der Waals surface area contributed by atoms with Crippen molar-refractivity contribution < 1.29 is 24.5 Å². The number of hydrogen-bond donors (Lipinski definition) is 2. The summed E-state index contributed by atoms with van der Waals surface area (Å²) in [6.45, 7) is 4.03. The van der Waals surface area contributed by atoms with E-state index in [2.05, 4.69) is 11.6 Å². The highest BCUT2D eigenvalue weighted by Gasteiger charge is 2.20. The van der Waals surface area contributed by atoms with Crippen LogP contribution in [-0.2, 0) is 11.3 Å². The Morgan fingerprint density at radius 3 is 2.70 bits per heavy atom. The lowest BCUT2D eigenvalue weighted by Gasteiger charge is -2.08. The molecule has 2 heterocycles. The lowest BCUT2D eigenvalue weighted by molar-refractivity contribution is -0.132. The van der Waals surface area contributed by atoms with Crippen LogP contribution in [0.2, 0.25) is 0 Å². The number of aromatic hydroxyl groups is 1. The van der Waals surface area contributed by atoms with Gasteiger partial charge in [-0.15, -0.1) is 17.9 Å². The van der Waals surface area contributed by atoms with Crippen LogP contribution in [0.25, 0.3) is 12.2 Å². The first-order chi connectivity index (χ1) is 12.9. The lowest BCUT2D eigenvalue weighted by Crippen LogP contribution is -2.28. The number of aliphatic carboxylic acids is 1. The summed E-state index contributed by atoms with van der Waals surface area (Å²) in [5.74, 6) is -0.266. The SMILES string of the molecule is C=CCn1c(O)c(/C=c2\c(OC)cc(OC)c3c2=NC(C(=O)O)=C3)sc1=S. The van der Waals surface area contributed by atoms with Crippen molar-refractivity contribution in [2.45, 2.75) is 6.54 Å². The van der Waals surface area contributed by atoms with Crippen LogP contribution in [0, 0.1) is 3.95 Å². The van der Waals surface area contributed by atoms with E-state index in [1.165, 1.54) is 31.6 Å². The second-order valence-electron chi connectivity index (χ2n) is 5.50. The molecule has 0 unspecified atom stereocenters. The molecular weight excluding hydrogens is 388 g/mol. The van der Waals surface area contributed by atoms with E-state index >= 15 is 0 Å². The Bertz CT molecular complexity index is 1160. The van der Waals surface area contributed by atoms with Gasteiger partial charge in [-0.1, -0.05) is 6.08 Å². The largest absolute Gasteiger partial charge is 0.496 e. The summed E-state index contributed by atoms with van der Waals surface area (Å²) >= 11 is 6.51. The molecule has 0 saturated carbocycles. The van der Waals surface area contributed by atoms with Crippen molar-refractivity contribution in [1.82, 2.24) is 4.57 Å². The fraction of sp³-hybridized carbons (Fsp3) is 0.167. The van der Waals surface area contributed by atoms with Crippen LogP contribution in [-0.4, -0.2) is 35.0 Å². The van der Waals surface area contributed by atoms with Gasteiger partial charge in [0.2, 0.25) is 5.88 Å². The molecular formula is C18H16N2O5S2. The smallest absolute Gasteiger partial charge is 0.354 e. The van der Waals surface area contributed by atoms with Crippen molar-refractivity contribution in [2.75, 3.05) is 14.2 Å². The maximum Gasteiger partial charge on any atom is 0.354 e. The van der Waals surface area contributed by atoms with Crippen molar-refractivity contribution in [1.29, 1.82) is 0 Å². The number of hydrogen-bond acceptors (Lipinski definition) is 7. The number of carboxylic acid groups (broad SMARTS) is 1. The minimum absolute atomic E-state index is 0.000866. The number of carbonyl (C=O) groups is 1. The van der Waals surface area contributed by atoms with Crippen molar-refractivity contribution >= 4 is 41.7 Å². The average Bonchev–Trinajstić information content (AvgIpc) is 3.20. The summed E-state index contributed by atoms with van der Waals surface area (Å²) in [6, 6.07) is 1.65. The highest BCUT2D eigenvalue weighted by atomic mass is 32.1. The van der Waals surface area contributed by atoms with Gasteiger partial charge in [-0.2, -0.15) is 0 Å². The molecule has 0 atom stereocenters. The van der Waals surface area contributed by atoms with E-state index in [4.69, 9.17) is 21.7 Å². The van der Waals surface area contributed by atoms with E-state index in [1.54, 1.807) is 22.8 Å². The number of ether oxygens (including phenoxy) is 2. The third kappa shape index (κ3) is 3.26. The van der Waals surface area contributed by atoms with Gasteiger partial charge in [-0.3, -0.25) is 4.57 Å². The molecule has 9 heteroatoms. The molecule has 0 saturated heterocycles. The van der Waals surface area contributed by atoms with Gasteiger partial charge in [0.1, 0.15) is 17.2 Å². The first kappa shape index (κ1) is 18.9. The monoisotopic (exact) mass is 404 g/mol. The maximum absolute atomic E-state index is 11.4. The van der Waals surface area contributed by atoms with Gasteiger partial charge < -0.3 is 19.7 Å². The minimum atomic E-state index is -1.14. The zero-order valence-corrected chi connectivity index (χ0v) is 16.2. The first-order valence-electron chi connectivity index (χ1n) is 7.75. The molecule has 1 aromatic carbocycles. The Balaban J connectivity index is 2.35. The zero-order chi connectivity index (χ0) is 19.7. The van der Waals surface area contributed by atoms with Crippen LogP contribution in [0.1, 0.15) is 10.4 Å². The van der Waals surface area contributed by atoms with Crippen LogP contribution in [0.4, 0.5) is 0 Å². The molecule has 0 radical (unpaired) electrons. The fourth-order valence-electron chi connectivity index (χ4n) is 2.72. The van der Waals surface area contributed by atoms with Gasteiger partial charge in [0, 0.05) is 23.4 Å². The zero-order valence-electron chi connectivity index (χ0n) is 14.6. The third-order valence-corrected chi connectivity index (χ3v) is 5.34. The quantitative estimate of drug-likeness (QED) is 0.566. The van der Waals surface area contributed by atoms with Gasteiger partial charge in [0.05, 0.1) is 24.5 Å². The number of thiazole rings is 1. The maximum atomic E-state index is 11.4. The highest BCUT2D eigenvalue weighted by Crippen LogP contribution is 2.28. The Morgan fingerprint density at radius 2 is 2.11 bits per heavy atom. The molecule has 0 fully saturated rings. The summed E-state index contributed by atoms with van der Waals surface area (Å²) in [4.78, 5) is 16.1. The first-order valence-corrected chi connectivity index (χ1v) is 8.97. The van der Waals surface area contributed by atoms with Gasteiger partial charge in [0.15, 0.2) is 3.95 Å². The molecule has 2 aromatic rings. The lowest BCUT2D eigenvalue weighted by atomic mass is 10.1. The molecule has 27 heavy (non-hydrogen) atoms. The normalized spacial score (nSPS) is 13.0. The Kier molecular flexibility index (Phi) is 5.15. The van der Waals surface area contributed by atoms with Crippen molar-refractivity contribution in [3.05, 3.63) is 49.4 Å². The number of rotatable bonds is 6. The van der Waals surface area contributed by atoms with Crippen molar-refractivity contribution in [3.63, 3.8) is 0 Å². The van der Waals surface area contributed by atoms with E-state index in [-0.39, 0.29) is 11.6 Å². The van der Waals surface area contributed by atoms with E-state index in [9.17, 15) is 15.0 Å². The molecule has 140 valence electrons. The average molecular weight is 404 g/mol. The molecule has 3 rings (SSSR count). The number of allylic oxidation sites excluding steroid dienone is 1. The summed E-state index contributed by atoms with van der Waals surface area (Å²) in [6.07, 6.45) is 4.75. The van der Waals surface area contributed by atoms with Crippen LogP contribution in [0.15, 0.2) is 29.4 Å². The molecule has 0 bridgehead atoms. The highest BCUT2D eigenvalue weighted by molar-refractivity contribution is 7.73. The molecule has 1 aliphatic heterocycles. The number of methoxy groups -OCH3 is 2. The van der Waals surface area contributed by atoms with Crippen molar-refractivity contribution in [2.24, 2.45) is 4.99 Å². The molecule has 1 aliphatic rings. The molecule has 1 aromatic heterocycles. The molecule has 0 aliphatic carbocycles. The number of benzene rings is 1. The van der Waals surface area contributed by atoms with E-state index in [0.717, 1.165) is 0 Å². The fourth-order valence-corrected chi connectivity index (χ4v) is 3.99. The topological polar surface area (TPSA) is 93.3 Å². The summed E-state index contributed by atoms with van der Waals surface area (Å²) in [7, 11) is 2.97. The number of fused-ring (bicyclic) bond motifs is 1. The van der Waals surface area contributed by atoms with Gasteiger partial charge >= 0.3 is 5.97 Å². The van der Waals surface area contributed by atoms with Crippen LogP contribution in [0.5, 0.6) is 17.4 Å². The van der Waals surface area contributed by atoms with Gasteiger partial charge in [-0.05, 0) is 24.4 Å².